The molecular weight excluding hydrogens is 312 g/mol. The smallest absolute Gasteiger partial charge is 0.131 e. The largest absolute Gasteiger partial charge is 0.507 e. The minimum absolute atomic E-state index is 0.142. The van der Waals surface area contributed by atoms with Crippen molar-refractivity contribution in [3.05, 3.63) is 29.3 Å². The van der Waals surface area contributed by atoms with Gasteiger partial charge in [-0.1, -0.05) is 13.8 Å². The van der Waals surface area contributed by atoms with Gasteiger partial charge in [0.15, 0.2) is 0 Å². The van der Waals surface area contributed by atoms with Gasteiger partial charge in [0, 0.05) is 0 Å². The normalized spacial score (nSPS) is 35.3. The summed E-state index contributed by atoms with van der Waals surface area (Å²) < 4.78 is 12.3. The number of ether oxygens (including phenoxy) is 2. The molecule has 0 amide bonds. The molecule has 1 aromatic carbocycles. The number of rotatable bonds is 3. The second-order valence-electron chi connectivity index (χ2n) is 9.23. The standard InChI is InChI=1S/C22H30O3/c1-15-12-17(23)16-6-10-21(4,25-18(16)13-15)11-7-19-20(2,3)8-5-9-22(19)14-24-22/h6,10,12-13,19,23H,5,7-9,11,14H2,1-4H3/t19-,21+,22+/m0/s1. The fraction of sp³-hybridized carbons (Fsp3) is 0.636. The van der Waals surface area contributed by atoms with E-state index in [-0.39, 0.29) is 11.2 Å². The van der Waals surface area contributed by atoms with Crippen molar-refractivity contribution in [1.29, 1.82) is 0 Å². The van der Waals surface area contributed by atoms with E-state index < -0.39 is 0 Å². The van der Waals surface area contributed by atoms with Crippen molar-refractivity contribution in [2.75, 3.05) is 6.61 Å². The molecule has 1 aromatic rings. The van der Waals surface area contributed by atoms with Crippen molar-refractivity contribution in [3.8, 4) is 11.5 Å². The Morgan fingerprint density at radius 2 is 1.96 bits per heavy atom. The summed E-state index contributed by atoms with van der Waals surface area (Å²) in [4.78, 5) is 0. The molecule has 3 atom stereocenters. The van der Waals surface area contributed by atoms with Gasteiger partial charge < -0.3 is 14.6 Å². The maximum atomic E-state index is 10.1. The molecule has 1 saturated heterocycles. The van der Waals surface area contributed by atoms with Crippen LogP contribution in [0.3, 0.4) is 0 Å². The zero-order valence-electron chi connectivity index (χ0n) is 15.9. The molecule has 0 bridgehead atoms. The molecule has 2 fully saturated rings. The van der Waals surface area contributed by atoms with Crippen molar-refractivity contribution in [2.24, 2.45) is 11.3 Å². The number of epoxide rings is 1. The van der Waals surface area contributed by atoms with E-state index in [0.717, 1.165) is 36.3 Å². The van der Waals surface area contributed by atoms with Gasteiger partial charge >= 0.3 is 0 Å². The molecule has 1 N–H and O–H groups in total. The van der Waals surface area contributed by atoms with Crippen LogP contribution in [0.2, 0.25) is 0 Å². The van der Waals surface area contributed by atoms with Gasteiger partial charge in [0.25, 0.3) is 0 Å². The molecule has 0 unspecified atom stereocenters. The Morgan fingerprint density at radius 1 is 1.20 bits per heavy atom. The quantitative estimate of drug-likeness (QED) is 0.764. The topological polar surface area (TPSA) is 42.0 Å². The van der Waals surface area contributed by atoms with Crippen LogP contribution in [0.4, 0.5) is 0 Å². The first-order valence-electron chi connectivity index (χ1n) is 9.59. The molecule has 25 heavy (non-hydrogen) atoms. The van der Waals surface area contributed by atoms with E-state index >= 15 is 0 Å². The predicted octanol–water partition coefficient (Wildman–Crippen LogP) is 5.24. The molecular formula is C22H30O3. The van der Waals surface area contributed by atoms with Crippen LogP contribution in [-0.2, 0) is 4.74 Å². The number of aromatic hydroxyl groups is 1. The van der Waals surface area contributed by atoms with Crippen LogP contribution in [0.15, 0.2) is 18.2 Å². The number of phenols is 1. The monoisotopic (exact) mass is 342 g/mol. The highest BCUT2D eigenvalue weighted by molar-refractivity contribution is 5.67. The molecule has 136 valence electrons. The average molecular weight is 342 g/mol. The Morgan fingerprint density at radius 3 is 2.68 bits per heavy atom. The lowest BCUT2D eigenvalue weighted by molar-refractivity contribution is 0.0202. The van der Waals surface area contributed by atoms with Crippen molar-refractivity contribution < 1.29 is 14.6 Å². The van der Waals surface area contributed by atoms with Crippen molar-refractivity contribution in [2.45, 2.75) is 71.0 Å². The zero-order valence-corrected chi connectivity index (χ0v) is 15.9. The van der Waals surface area contributed by atoms with Gasteiger partial charge in [-0.3, -0.25) is 0 Å². The number of fused-ring (bicyclic) bond motifs is 1. The first kappa shape index (κ1) is 17.0. The Hall–Kier alpha value is -1.48. The highest BCUT2D eigenvalue weighted by Gasteiger charge is 2.58. The summed E-state index contributed by atoms with van der Waals surface area (Å²) in [5, 5.41) is 10.1. The van der Waals surface area contributed by atoms with E-state index in [9.17, 15) is 5.11 Å². The number of benzene rings is 1. The molecule has 1 spiro atoms. The van der Waals surface area contributed by atoms with Crippen molar-refractivity contribution in [3.63, 3.8) is 0 Å². The maximum absolute atomic E-state index is 10.1. The summed E-state index contributed by atoms with van der Waals surface area (Å²) in [5.41, 5.74) is 1.96. The molecule has 4 rings (SSSR count). The Kier molecular flexibility index (Phi) is 3.74. The van der Waals surface area contributed by atoms with Crippen LogP contribution in [0.25, 0.3) is 6.08 Å². The molecule has 0 aromatic heterocycles. The van der Waals surface area contributed by atoms with Crippen molar-refractivity contribution >= 4 is 6.08 Å². The fourth-order valence-electron chi connectivity index (χ4n) is 5.10. The van der Waals surface area contributed by atoms with Crippen LogP contribution in [0.1, 0.15) is 64.0 Å². The van der Waals surface area contributed by atoms with Crippen molar-refractivity contribution in [1.82, 2.24) is 0 Å². The Balaban J connectivity index is 1.52. The van der Waals surface area contributed by atoms with Gasteiger partial charge in [-0.2, -0.15) is 0 Å². The molecule has 0 radical (unpaired) electrons. The third-order valence-electron chi connectivity index (χ3n) is 6.65. The van der Waals surface area contributed by atoms with Gasteiger partial charge in [-0.05, 0) is 87.1 Å². The van der Waals surface area contributed by atoms with E-state index in [1.54, 1.807) is 6.07 Å². The highest BCUT2D eigenvalue weighted by atomic mass is 16.6. The first-order valence-corrected chi connectivity index (χ1v) is 9.59. The summed E-state index contributed by atoms with van der Waals surface area (Å²) in [6, 6.07) is 3.81. The Bertz CT molecular complexity index is 708. The minimum atomic E-state index is -0.323. The van der Waals surface area contributed by atoms with Gasteiger partial charge in [-0.25, -0.2) is 0 Å². The lowest BCUT2D eigenvalue weighted by Crippen LogP contribution is -2.43. The SMILES string of the molecule is Cc1cc(O)c2c(c1)O[C@@](C)(CC[C@H]1C(C)(C)CCC[C@@]13CO3)C=C2. The van der Waals surface area contributed by atoms with E-state index in [0.29, 0.717) is 17.1 Å². The summed E-state index contributed by atoms with van der Waals surface area (Å²) in [6.07, 6.45) is 9.99. The lowest BCUT2D eigenvalue weighted by atomic mass is 9.61. The van der Waals surface area contributed by atoms with Gasteiger partial charge in [0.1, 0.15) is 17.1 Å². The second-order valence-corrected chi connectivity index (χ2v) is 9.23. The van der Waals surface area contributed by atoms with E-state index in [4.69, 9.17) is 9.47 Å². The van der Waals surface area contributed by atoms with E-state index in [1.807, 2.05) is 19.1 Å². The third kappa shape index (κ3) is 2.97. The maximum Gasteiger partial charge on any atom is 0.131 e. The zero-order chi connectivity index (χ0) is 17.9. The number of hydrogen-bond donors (Lipinski definition) is 1. The molecule has 3 nitrogen and oxygen atoms in total. The van der Waals surface area contributed by atoms with Gasteiger partial charge in [-0.15, -0.1) is 0 Å². The summed E-state index contributed by atoms with van der Waals surface area (Å²) in [6.45, 7) is 9.87. The third-order valence-corrected chi connectivity index (χ3v) is 6.65. The van der Waals surface area contributed by atoms with E-state index in [2.05, 4.69) is 26.8 Å². The average Bonchev–Trinajstić information content (AvgIpc) is 3.25. The van der Waals surface area contributed by atoms with Gasteiger partial charge in [0.2, 0.25) is 0 Å². The molecule has 1 aliphatic carbocycles. The molecule has 2 aliphatic heterocycles. The lowest BCUT2D eigenvalue weighted by Gasteiger charge is -2.44. The molecule has 1 saturated carbocycles. The van der Waals surface area contributed by atoms with Crippen LogP contribution < -0.4 is 4.74 Å². The molecule has 3 heteroatoms. The minimum Gasteiger partial charge on any atom is -0.507 e. The van der Waals surface area contributed by atoms with E-state index in [1.165, 1.54) is 19.3 Å². The van der Waals surface area contributed by atoms with Crippen LogP contribution in [0.5, 0.6) is 11.5 Å². The molecule has 3 aliphatic rings. The van der Waals surface area contributed by atoms with Crippen LogP contribution in [0, 0.1) is 18.3 Å². The second kappa shape index (κ2) is 5.51. The first-order chi connectivity index (χ1) is 11.7. The summed E-state index contributed by atoms with van der Waals surface area (Å²) in [5.74, 6) is 1.68. The summed E-state index contributed by atoms with van der Waals surface area (Å²) >= 11 is 0. The fourth-order valence-corrected chi connectivity index (χ4v) is 5.10. The highest BCUT2D eigenvalue weighted by Crippen LogP contribution is 2.56. The predicted molar refractivity (Wildman–Crippen MR) is 99.9 cm³/mol. The van der Waals surface area contributed by atoms with Crippen LogP contribution >= 0.6 is 0 Å². The Labute approximate surface area is 151 Å². The number of hydrogen-bond acceptors (Lipinski definition) is 3. The van der Waals surface area contributed by atoms with Crippen LogP contribution in [-0.4, -0.2) is 22.9 Å². The number of aryl methyl sites for hydroxylation is 1. The summed E-state index contributed by atoms with van der Waals surface area (Å²) in [7, 11) is 0. The molecule has 2 heterocycles. The van der Waals surface area contributed by atoms with Gasteiger partial charge in [0.05, 0.1) is 17.8 Å². The number of phenolic OH excluding ortho intramolecular Hbond substituents is 1.